The Morgan fingerprint density at radius 1 is 1.29 bits per heavy atom. The number of nitrogen functional groups attached to an aromatic ring is 1. The number of hydrogen-bond donors (Lipinski definition) is 2. The standard InChI is InChI=1S/C12H19NO/c1-8-5-10(12(3,4)7-14)6-11(13)9(8)2/h5-6,14H,7,13H2,1-4H3. The quantitative estimate of drug-likeness (QED) is 0.707. The van der Waals surface area contributed by atoms with Crippen LogP contribution in [0.1, 0.15) is 30.5 Å². The summed E-state index contributed by atoms with van der Waals surface area (Å²) >= 11 is 0. The number of nitrogens with two attached hydrogens (primary N) is 1. The van der Waals surface area contributed by atoms with E-state index in [1.54, 1.807) is 0 Å². The van der Waals surface area contributed by atoms with E-state index < -0.39 is 0 Å². The van der Waals surface area contributed by atoms with Gasteiger partial charge in [0.15, 0.2) is 0 Å². The maximum absolute atomic E-state index is 9.26. The van der Waals surface area contributed by atoms with Crippen molar-refractivity contribution >= 4 is 5.69 Å². The molecule has 0 aliphatic carbocycles. The van der Waals surface area contributed by atoms with Crippen molar-refractivity contribution in [3.05, 3.63) is 28.8 Å². The molecule has 0 fully saturated rings. The first-order chi connectivity index (χ1) is 6.38. The van der Waals surface area contributed by atoms with Gasteiger partial charge in [0.25, 0.3) is 0 Å². The predicted molar refractivity (Wildman–Crippen MR) is 60.4 cm³/mol. The fourth-order valence-electron chi connectivity index (χ4n) is 1.37. The minimum atomic E-state index is -0.216. The van der Waals surface area contributed by atoms with Gasteiger partial charge in [0.2, 0.25) is 0 Å². The molecule has 0 amide bonds. The first kappa shape index (κ1) is 11.1. The maximum Gasteiger partial charge on any atom is 0.0522 e. The molecule has 1 aromatic rings. The van der Waals surface area contributed by atoms with Crippen LogP contribution in [-0.2, 0) is 5.41 Å². The van der Waals surface area contributed by atoms with Gasteiger partial charge in [-0.2, -0.15) is 0 Å². The number of anilines is 1. The molecule has 0 atom stereocenters. The molecule has 2 heteroatoms. The summed E-state index contributed by atoms with van der Waals surface area (Å²) in [6, 6.07) is 4.06. The zero-order chi connectivity index (χ0) is 10.9. The Kier molecular flexibility index (Phi) is 2.86. The van der Waals surface area contributed by atoms with Crippen molar-refractivity contribution in [2.75, 3.05) is 12.3 Å². The molecular formula is C12H19NO. The monoisotopic (exact) mass is 193 g/mol. The molecular weight excluding hydrogens is 174 g/mol. The molecule has 0 heterocycles. The number of aliphatic hydroxyl groups is 1. The van der Waals surface area contributed by atoms with Gasteiger partial charge in [0.05, 0.1) is 6.61 Å². The second kappa shape index (κ2) is 3.62. The SMILES string of the molecule is Cc1cc(C(C)(C)CO)cc(N)c1C. The third kappa shape index (κ3) is 1.90. The summed E-state index contributed by atoms with van der Waals surface area (Å²) in [4.78, 5) is 0. The fourth-order valence-corrected chi connectivity index (χ4v) is 1.37. The van der Waals surface area contributed by atoms with Crippen LogP contribution in [0, 0.1) is 13.8 Å². The Morgan fingerprint density at radius 2 is 1.86 bits per heavy atom. The number of hydrogen-bond acceptors (Lipinski definition) is 2. The highest BCUT2D eigenvalue weighted by Crippen LogP contribution is 2.27. The summed E-state index contributed by atoms with van der Waals surface area (Å²) in [7, 11) is 0. The summed E-state index contributed by atoms with van der Waals surface area (Å²) < 4.78 is 0. The van der Waals surface area contributed by atoms with Crippen LogP contribution in [0.2, 0.25) is 0 Å². The van der Waals surface area contributed by atoms with E-state index in [1.807, 2.05) is 33.8 Å². The van der Waals surface area contributed by atoms with E-state index in [1.165, 1.54) is 5.56 Å². The van der Waals surface area contributed by atoms with Crippen molar-refractivity contribution in [2.24, 2.45) is 0 Å². The molecule has 1 rings (SSSR count). The van der Waals surface area contributed by atoms with Crippen LogP contribution in [-0.4, -0.2) is 11.7 Å². The van der Waals surface area contributed by atoms with Crippen LogP contribution >= 0.6 is 0 Å². The van der Waals surface area contributed by atoms with Gasteiger partial charge in [-0.25, -0.2) is 0 Å². The van der Waals surface area contributed by atoms with Crippen molar-refractivity contribution in [2.45, 2.75) is 33.1 Å². The number of rotatable bonds is 2. The fraction of sp³-hybridized carbons (Fsp3) is 0.500. The number of aliphatic hydroxyl groups excluding tert-OH is 1. The Labute approximate surface area is 85.8 Å². The summed E-state index contributed by atoms with van der Waals surface area (Å²) in [5, 5.41) is 9.26. The molecule has 78 valence electrons. The normalized spacial score (nSPS) is 11.8. The van der Waals surface area contributed by atoms with Crippen molar-refractivity contribution in [1.29, 1.82) is 0 Å². The highest BCUT2D eigenvalue weighted by Gasteiger charge is 2.20. The van der Waals surface area contributed by atoms with E-state index in [4.69, 9.17) is 5.73 Å². The van der Waals surface area contributed by atoms with Gasteiger partial charge in [-0.3, -0.25) is 0 Å². The number of aryl methyl sites for hydroxylation is 1. The second-order valence-electron chi connectivity index (χ2n) is 4.55. The number of benzene rings is 1. The van der Waals surface area contributed by atoms with Crippen LogP contribution in [0.5, 0.6) is 0 Å². The molecule has 0 aromatic heterocycles. The van der Waals surface area contributed by atoms with Gasteiger partial charge >= 0.3 is 0 Å². The van der Waals surface area contributed by atoms with Gasteiger partial charge < -0.3 is 10.8 Å². The minimum Gasteiger partial charge on any atom is -0.398 e. The van der Waals surface area contributed by atoms with Gasteiger partial charge in [-0.15, -0.1) is 0 Å². The molecule has 0 unspecified atom stereocenters. The summed E-state index contributed by atoms with van der Waals surface area (Å²) in [5.74, 6) is 0. The molecule has 0 saturated carbocycles. The maximum atomic E-state index is 9.26. The van der Waals surface area contributed by atoms with Gasteiger partial charge in [-0.1, -0.05) is 19.9 Å². The van der Waals surface area contributed by atoms with E-state index in [0.717, 1.165) is 16.8 Å². The molecule has 0 radical (unpaired) electrons. The van der Waals surface area contributed by atoms with Crippen LogP contribution in [0.4, 0.5) is 5.69 Å². The van der Waals surface area contributed by atoms with Crippen molar-refractivity contribution < 1.29 is 5.11 Å². The Balaban J connectivity index is 3.26. The predicted octanol–water partition coefficient (Wildman–Crippen LogP) is 2.16. The van der Waals surface area contributed by atoms with Crippen LogP contribution < -0.4 is 5.73 Å². The van der Waals surface area contributed by atoms with Crippen molar-refractivity contribution in [1.82, 2.24) is 0 Å². The Bertz CT molecular complexity index is 319. The zero-order valence-corrected chi connectivity index (χ0v) is 9.39. The Hall–Kier alpha value is -1.02. The lowest BCUT2D eigenvalue weighted by atomic mass is 9.83. The molecule has 0 bridgehead atoms. The summed E-state index contributed by atoms with van der Waals surface area (Å²) in [5.41, 5.74) is 9.89. The highest BCUT2D eigenvalue weighted by atomic mass is 16.3. The van der Waals surface area contributed by atoms with Gasteiger partial charge in [0.1, 0.15) is 0 Å². The van der Waals surface area contributed by atoms with E-state index >= 15 is 0 Å². The topological polar surface area (TPSA) is 46.2 Å². The van der Waals surface area contributed by atoms with Crippen LogP contribution in [0.25, 0.3) is 0 Å². The molecule has 3 N–H and O–H groups in total. The summed E-state index contributed by atoms with van der Waals surface area (Å²) in [6.45, 7) is 8.21. The second-order valence-corrected chi connectivity index (χ2v) is 4.55. The van der Waals surface area contributed by atoms with Crippen LogP contribution in [0.3, 0.4) is 0 Å². The van der Waals surface area contributed by atoms with E-state index in [2.05, 4.69) is 6.07 Å². The molecule has 2 nitrogen and oxygen atoms in total. The lowest BCUT2D eigenvalue weighted by Gasteiger charge is -2.24. The van der Waals surface area contributed by atoms with E-state index in [-0.39, 0.29) is 12.0 Å². The molecule has 0 aliphatic rings. The molecule has 0 spiro atoms. The first-order valence-electron chi connectivity index (χ1n) is 4.86. The van der Waals surface area contributed by atoms with Gasteiger partial charge in [0, 0.05) is 11.1 Å². The third-order valence-electron chi connectivity index (χ3n) is 2.88. The Morgan fingerprint density at radius 3 is 2.29 bits per heavy atom. The zero-order valence-electron chi connectivity index (χ0n) is 9.39. The molecule has 14 heavy (non-hydrogen) atoms. The molecule has 0 aliphatic heterocycles. The van der Waals surface area contributed by atoms with E-state index in [9.17, 15) is 5.11 Å². The largest absolute Gasteiger partial charge is 0.398 e. The first-order valence-corrected chi connectivity index (χ1v) is 4.86. The van der Waals surface area contributed by atoms with Crippen molar-refractivity contribution in [3.8, 4) is 0 Å². The lowest BCUT2D eigenvalue weighted by molar-refractivity contribution is 0.218. The third-order valence-corrected chi connectivity index (χ3v) is 2.88. The average Bonchev–Trinajstić information content (AvgIpc) is 2.13. The van der Waals surface area contributed by atoms with Gasteiger partial charge in [-0.05, 0) is 36.6 Å². The minimum absolute atomic E-state index is 0.134. The lowest BCUT2D eigenvalue weighted by Crippen LogP contribution is -2.22. The van der Waals surface area contributed by atoms with Crippen LogP contribution in [0.15, 0.2) is 12.1 Å². The smallest absolute Gasteiger partial charge is 0.0522 e. The van der Waals surface area contributed by atoms with Crippen molar-refractivity contribution in [3.63, 3.8) is 0 Å². The highest BCUT2D eigenvalue weighted by molar-refractivity contribution is 5.53. The average molecular weight is 193 g/mol. The van der Waals surface area contributed by atoms with E-state index in [0.29, 0.717) is 0 Å². The molecule has 0 saturated heterocycles. The molecule has 1 aromatic carbocycles. The summed E-state index contributed by atoms with van der Waals surface area (Å²) in [6.07, 6.45) is 0.